The fourth-order valence-corrected chi connectivity index (χ4v) is 0.656. The lowest BCUT2D eigenvalue weighted by atomic mass is 10.4. The van der Waals surface area contributed by atoms with Crippen molar-refractivity contribution >= 4 is 11.8 Å². The zero-order valence-corrected chi connectivity index (χ0v) is 7.25. The van der Waals surface area contributed by atoms with Gasteiger partial charge in [0.15, 0.2) is 0 Å². The molecule has 13 heavy (non-hydrogen) atoms. The Morgan fingerprint density at radius 1 is 0.923 bits per heavy atom. The van der Waals surface area contributed by atoms with Crippen LogP contribution in [-0.2, 0) is 9.59 Å². The maximum Gasteiger partial charge on any atom is 0.245 e. The van der Waals surface area contributed by atoms with Crippen molar-refractivity contribution in [2.75, 3.05) is 26.3 Å². The van der Waals surface area contributed by atoms with Crippen LogP contribution in [0, 0.1) is 0 Å². The van der Waals surface area contributed by atoms with E-state index in [0.717, 1.165) is 0 Å². The Balaban J connectivity index is 3.17. The first kappa shape index (κ1) is 11.9. The van der Waals surface area contributed by atoms with Gasteiger partial charge in [-0.05, 0) is 6.42 Å². The Morgan fingerprint density at radius 3 is 1.62 bits per heavy atom. The maximum atomic E-state index is 10.5. The monoisotopic (exact) mass is 190 g/mol. The minimum Gasteiger partial charge on any atom is -0.387 e. The number of nitrogens with one attached hydrogen (secondary N) is 2. The van der Waals surface area contributed by atoms with Gasteiger partial charge in [-0.15, -0.1) is 0 Å². The topological polar surface area (TPSA) is 98.7 Å². The minimum absolute atomic E-state index is 0.394. The van der Waals surface area contributed by atoms with Crippen LogP contribution in [0.4, 0.5) is 0 Å². The number of aliphatic hydroxyl groups is 2. The molecule has 2 amide bonds. The molecule has 0 saturated heterocycles. The summed E-state index contributed by atoms with van der Waals surface area (Å²) in [5, 5.41) is 21.4. The number of amides is 2. The van der Waals surface area contributed by atoms with E-state index >= 15 is 0 Å². The third-order valence-corrected chi connectivity index (χ3v) is 1.29. The van der Waals surface area contributed by atoms with Crippen LogP contribution in [0.2, 0.25) is 0 Å². The number of carbonyl (C=O) groups excluding carboxylic acids is 2. The molecule has 0 aromatic carbocycles. The van der Waals surface area contributed by atoms with Crippen molar-refractivity contribution in [3.63, 3.8) is 0 Å². The van der Waals surface area contributed by atoms with Crippen LogP contribution in [0.5, 0.6) is 0 Å². The third kappa shape index (κ3) is 7.23. The van der Waals surface area contributed by atoms with Crippen molar-refractivity contribution in [3.05, 3.63) is 0 Å². The molecule has 0 aliphatic rings. The first-order chi connectivity index (χ1) is 6.20. The molecular formula is C7H14N2O4. The molecule has 6 nitrogen and oxygen atoms in total. The fourth-order valence-electron chi connectivity index (χ4n) is 0.656. The molecule has 0 heterocycles. The molecule has 0 spiro atoms. The Labute approximate surface area is 75.9 Å². The number of carbonyl (C=O) groups is 2. The van der Waals surface area contributed by atoms with E-state index in [-0.39, 0.29) is 0 Å². The molecule has 0 aromatic rings. The molecule has 0 aliphatic carbocycles. The Morgan fingerprint density at radius 2 is 1.31 bits per heavy atom. The van der Waals surface area contributed by atoms with Gasteiger partial charge in [0.2, 0.25) is 11.8 Å². The van der Waals surface area contributed by atoms with Gasteiger partial charge in [-0.3, -0.25) is 9.59 Å². The molecule has 0 radical (unpaired) electrons. The van der Waals surface area contributed by atoms with E-state index in [1.807, 2.05) is 0 Å². The molecule has 0 aromatic heterocycles. The van der Waals surface area contributed by atoms with Crippen molar-refractivity contribution in [2.45, 2.75) is 6.42 Å². The standard InChI is InChI=1S/C7H14N2O4/c10-4-6(12)8-2-1-3-9-7(13)5-11/h10-11H,1-5H2,(H,8,12)(H,9,13). The normalized spacial score (nSPS) is 9.38. The average Bonchev–Trinajstić information content (AvgIpc) is 2.16. The molecule has 0 unspecified atom stereocenters. The molecular weight excluding hydrogens is 176 g/mol. The number of hydrogen-bond acceptors (Lipinski definition) is 4. The zero-order chi connectivity index (χ0) is 10.1. The second-order valence-corrected chi connectivity index (χ2v) is 2.37. The summed E-state index contributed by atoms with van der Waals surface area (Å²) in [6.45, 7) is -0.262. The van der Waals surface area contributed by atoms with Crippen LogP contribution < -0.4 is 10.6 Å². The largest absolute Gasteiger partial charge is 0.387 e. The lowest BCUT2D eigenvalue weighted by Crippen LogP contribution is -2.32. The molecule has 0 rings (SSSR count). The Hall–Kier alpha value is -1.14. The summed E-state index contributed by atoms with van der Waals surface area (Å²) in [4.78, 5) is 21.0. The molecule has 0 saturated carbocycles. The highest BCUT2D eigenvalue weighted by Gasteiger charge is 1.98. The van der Waals surface area contributed by atoms with Crippen molar-refractivity contribution in [3.8, 4) is 0 Å². The molecule has 4 N–H and O–H groups in total. The number of aliphatic hydroxyl groups excluding tert-OH is 2. The second kappa shape index (κ2) is 7.51. The van der Waals surface area contributed by atoms with E-state index < -0.39 is 25.0 Å². The summed E-state index contributed by atoms with van der Waals surface area (Å²) in [6.07, 6.45) is 0.567. The predicted octanol–water partition coefficient (Wildman–Crippen LogP) is -2.41. The minimum atomic E-state index is -0.525. The van der Waals surface area contributed by atoms with E-state index in [4.69, 9.17) is 10.2 Å². The quantitative estimate of drug-likeness (QED) is 0.351. The SMILES string of the molecule is O=C(CO)NCCCNC(=O)CO. The predicted molar refractivity (Wildman–Crippen MR) is 44.8 cm³/mol. The van der Waals surface area contributed by atoms with Gasteiger partial charge >= 0.3 is 0 Å². The molecule has 6 heteroatoms. The molecule has 0 aliphatic heterocycles. The number of rotatable bonds is 6. The lowest BCUT2D eigenvalue weighted by molar-refractivity contribution is -0.124. The van der Waals surface area contributed by atoms with Crippen LogP contribution in [0.25, 0.3) is 0 Å². The van der Waals surface area contributed by atoms with Crippen LogP contribution in [-0.4, -0.2) is 48.3 Å². The van der Waals surface area contributed by atoms with Gasteiger partial charge in [0.05, 0.1) is 0 Å². The lowest BCUT2D eigenvalue weighted by Gasteiger charge is -2.03. The second-order valence-electron chi connectivity index (χ2n) is 2.37. The summed E-state index contributed by atoms with van der Waals surface area (Å²) in [7, 11) is 0. The maximum absolute atomic E-state index is 10.5. The Kier molecular flexibility index (Phi) is 6.85. The highest BCUT2D eigenvalue weighted by atomic mass is 16.3. The molecule has 0 atom stereocenters. The van der Waals surface area contributed by atoms with Crippen molar-refractivity contribution in [1.82, 2.24) is 10.6 Å². The summed E-state index contributed by atoms with van der Waals surface area (Å²) in [5.41, 5.74) is 0. The van der Waals surface area contributed by atoms with Gasteiger partial charge in [0.1, 0.15) is 13.2 Å². The van der Waals surface area contributed by atoms with Crippen LogP contribution in [0.3, 0.4) is 0 Å². The van der Waals surface area contributed by atoms with Gasteiger partial charge in [0, 0.05) is 13.1 Å². The number of hydrogen-bond donors (Lipinski definition) is 4. The molecule has 0 fully saturated rings. The van der Waals surface area contributed by atoms with E-state index in [1.165, 1.54) is 0 Å². The average molecular weight is 190 g/mol. The summed E-state index contributed by atoms with van der Waals surface area (Å²) in [6, 6.07) is 0. The highest BCUT2D eigenvalue weighted by Crippen LogP contribution is 1.74. The fraction of sp³-hybridized carbons (Fsp3) is 0.714. The van der Waals surface area contributed by atoms with Gasteiger partial charge in [-0.25, -0.2) is 0 Å². The van der Waals surface area contributed by atoms with Gasteiger partial charge in [-0.1, -0.05) is 0 Å². The van der Waals surface area contributed by atoms with Gasteiger partial charge in [0.25, 0.3) is 0 Å². The highest BCUT2D eigenvalue weighted by molar-refractivity contribution is 5.77. The first-order valence-electron chi connectivity index (χ1n) is 3.95. The van der Waals surface area contributed by atoms with E-state index in [2.05, 4.69) is 10.6 Å². The van der Waals surface area contributed by atoms with Crippen LogP contribution in [0.1, 0.15) is 6.42 Å². The summed E-state index contributed by atoms with van der Waals surface area (Å²) >= 11 is 0. The Bertz CT molecular complexity index is 154. The summed E-state index contributed by atoms with van der Waals surface area (Å²) < 4.78 is 0. The molecule has 0 bridgehead atoms. The first-order valence-corrected chi connectivity index (χ1v) is 3.95. The van der Waals surface area contributed by atoms with E-state index in [1.54, 1.807) is 0 Å². The summed E-state index contributed by atoms with van der Waals surface area (Å²) in [5.74, 6) is -0.873. The van der Waals surface area contributed by atoms with Crippen molar-refractivity contribution < 1.29 is 19.8 Å². The third-order valence-electron chi connectivity index (χ3n) is 1.29. The van der Waals surface area contributed by atoms with Crippen molar-refractivity contribution in [1.29, 1.82) is 0 Å². The van der Waals surface area contributed by atoms with Gasteiger partial charge < -0.3 is 20.8 Å². The van der Waals surface area contributed by atoms with Gasteiger partial charge in [-0.2, -0.15) is 0 Å². The van der Waals surface area contributed by atoms with Crippen LogP contribution in [0.15, 0.2) is 0 Å². The zero-order valence-electron chi connectivity index (χ0n) is 7.25. The van der Waals surface area contributed by atoms with Crippen LogP contribution >= 0.6 is 0 Å². The van der Waals surface area contributed by atoms with Crippen molar-refractivity contribution in [2.24, 2.45) is 0 Å². The van der Waals surface area contributed by atoms with E-state index in [0.29, 0.717) is 19.5 Å². The molecule has 76 valence electrons. The smallest absolute Gasteiger partial charge is 0.245 e. The van der Waals surface area contributed by atoms with E-state index in [9.17, 15) is 9.59 Å².